The van der Waals surface area contributed by atoms with Gasteiger partial charge >= 0.3 is 0 Å². The molecule has 2 aromatic carbocycles. The van der Waals surface area contributed by atoms with Gasteiger partial charge < -0.3 is 10.3 Å². The Morgan fingerprint density at radius 2 is 1.56 bits per heavy atom. The predicted octanol–water partition coefficient (Wildman–Crippen LogP) is 5.39. The normalized spacial score (nSPS) is 19.6. The molecular weight excluding hydrogens is 332 g/mol. The van der Waals surface area contributed by atoms with Gasteiger partial charge in [0.2, 0.25) is 0 Å². The van der Waals surface area contributed by atoms with E-state index in [1.807, 2.05) is 30.5 Å². The van der Waals surface area contributed by atoms with E-state index < -0.39 is 0 Å². The number of carbonyl (C=O) groups excluding carboxylic acids is 1. The van der Waals surface area contributed by atoms with Gasteiger partial charge in [-0.2, -0.15) is 0 Å². The molecule has 1 saturated carbocycles. The first kappa shape index (κ1) is 17.6. The summed E-state index contributed by atoms with van der Waals surface area (Å²) < 4.78 is 0. The average molecular weight is 358 g/mol. The van der Waals surface area contributed by atoms with Crippen LogP contribution in [0.4, 0.5) is 0 Å². The first-order valence-corrected chi connectivity index (χ1v) is 9.86. The summed E-state index contributed by atoms with van der Waals surface area (Å²) in [4.78, 5) is 15.6. The summed E-state index contributed by atoms with van der Waals surface area (Å²) in [5, 5.41) is 3.12. The summed E-state index contributed by atoms with van der Waals surface area (Å²) >= 11 is 0. The van der Waals surface area contributed by atoms with Crippen LogP contribution in [0.15, 0.2) is 72.9 Å². The summed E-state index contributed by atoms with van der Waals surface area (Å²) in [5.74, 6) is 1.25. The highest BCUT2D eigenvalue weighted by atomic mass is 16.1. The van der Waals surface area contributed by atoms with Crippen molar-refractivity contribution in [2.24, 2.45) is 5.92 Å². The molecule has 0 unspecified atom stereocenters. The molecule has 3 heteroatoms. The third kappa shape index (κ3) is 4.30. The van der Waals surface area contributed by atoms with Gasteiger partial charge in [0.05, 0.1) is 0 Å². The van der Waals surface area contributed by atoms with Crippen LogP contribution in [0.2, 0.25) is 0 Å². The number of aromatic amines is 1. The van der Waals surface area contributed by atoms with Crippen molar-refractivity contribution in [1.29, 1.82) is 0 Å². The minimum atomic E-state index is -0.0117. The molecule has 1 aliphatic carbocycles. The highest BCUT2D eigenvalue weighted by Gasteiger charge is 2.22. The second kappa shape index (κ2) is 8.26. The first-order chi connectivity index (χ1) is 13.3. The molecule has 0 atom stereocenters. The third-order valence-electron chi connectivity index (χ3n) is 5.70. The van der Waals surface area contributed by atoms with Crippen LogP contribution in [0.3, 0.4) is 0 Å². The topological polar surface area (TPSA) is 44.9 Å². The van der Waals surface area contributed by atoms with Crippen molar-refractivity contribution in [2.75, 3.05) is 6.54 Å². The van der Waals surface area contributed by atoms with E-state index in [0.29, 0.717) is 17.5 Å². The lowest BCUT2D eigenvalue weighted by Gasteiger charge is -2.28. The second-order valence-corrected chi connectivity index (χ2v) is 7.51. The summed E-state index contributed by atoms with van der Waals surface area (Å²) in [5.41, 5.74) is 4.25. The highest BCUT2D eigenvalue weighted by molar-refractivity contribution is 5.93. The van der Waals surface area contributed by atoms with Crippen LogP contribution in [0.5, 0.6) is 0 Å². The Labute approximate surface area is 160 Å². The molecule has 1 aromatic heterocycles. The Morgan fingerprint density at radius 3 is 2.26 bits per heavy atom. The Morgan fingerprint density at radius 1 is 0.889 bits per heavy atom. The molecule has 138 valence electrons. The van der Waals surface area contributed by atoms with E-state index in [4.69, 9.17) is 0 Å². The van der Waals surface area contributed by atoms with Crippen LogP contribution in [0.25, 0.3) is 11.1 Å². The summed E-state index contributed by atoms with van der Waals surface area (Å²) in [6, 6.07) is 22.9. The molecule has 1 amide bonds. The van der Waals surface area contributed by atoms with Crippen LogP contribution in [-0.2, 0) is 0 Å². The Balaban J connectivity index is 1.27. The van der Waals surface area contributed by atoms with E-state index in [9.17, 15) is 4.79 Å². The summed E-state index contributed by atoms with van der Waals surface area (Å²) in [7, 11) is 0. The standard InChI is InChI=1S/C24H26N2O/c27-24(23-15-22(17-25-23)20-9-5-2-6-10-20)26-16-18-11-13-21(14-12-18)19-7-3-1-4-8-19/h1-10,15,17-18,21,25H,11-14,16H2,(H,26,27). The molecule has 27 heavy (non-hydrogen) atoms. The van der Waals surface area contributed by atoms with Crippen LogP contribution in [-0.4, -0.2) is 17.4 Å². The second-order valence-electron chi connectivity index (χ2n) is 7.51. The van der Waals surface area contributed by atoms with Gasteiger partial charge in [-0.25, -0.2) is 0 Å². The molecule has 1 heterocycles. The van der Waals surface area contributed by atoms with Crippen molar-refractivity contribution < 1.29 is 4.79 Å². The number of hydrogen-bond donors (Lipinski definition) is 2. The van der Waals surface area contributed by atoms with Crippen molar-refractivity contribution in [3.63, 3.8) is 0 Å². The minimum absolute atomic E-state index is 0.0117. The molecule has 0 aliphatic heterocycles. The summed E-state index contributed by atoms with van der Waals surface area (Å²) in [6.07, 6.45) is 6.69. The van der Waals surface area contributed by atoms with Gasteiger partial charge in [-0.15, -0.1) is 0 Å². The molecule has 1 aliphatic rings. The number of hydrogen-bond acceptors (Lipinski definition) is 1. The third-order valence-corrected chi connectivity index (χ3v) is 5.70. The smallest absolute Gasteiger partial charge is 0.267 e. The quantitative estimate of drug-likeness (QED) is 0.631. The van der Waals surface area contributed by atoms with E-state index in [2.05, 4.69) is 52.8 Å². The SMILES string of the molecule is O=C(NCC1CCC(c2ccccc2)CC1)c1cc(-c2ccccc2)c[nH]1. The highest BCUT2D eigenvalue weighted by Crippen LogP contribution is 2.35. The maximum Gasteiger partial charge on any atom is 0.267 e. The van der Waals surface area contributed by atoms with Gasteiger partial charge in [-0.1, -0.05) is 60.7 Å². The molecule has 4 rings (SSSR count). The fraction of sp³-hybridized carbons (Fsp3) is 0.292. The molecule has 0 spiro atoms. The van der Waals surface area contributed by atoms with Gasteiger partial charge in [0.15, 0.2) is 0 Å². The van der Waals surface area contributed by atoms with E-state index in [0.717, 1.165) is 17.7 Å². The van der Waals surface area contributed by atoms with Gasteiger partial charge in [0, 0.05) is 12.7 Å². The Hall–Kier alpha value is -2.81. The van der Waals surface area contributed by atoms with Crippen LogP contribution in [0, 0.1) is 5.92 Å². The van der Waals surface area contributed by atoms with Gasteiger partial charge in [0.1, 0.15) is 5.69 Å². The molecule has 0 saturated heterocycles. The van der Waals surface area contributed by atoms with Gasteiger partial charge in [-0.05, 0) is 60.3 Å². The number of H-pyrrole nitrogens is 1. The number of rotatable bonds is 5. The van der Waals surface area contributed by atoms with E-state index in [1.165, 1.54) is 31.2 Å². The Bertz CT molecular complexity index is 862. The average Bonchev–Trinajstić information content (AvgIpc) is 3.24. The van der Waals surface area contributed by atoms with Crippen molar-refractivity contribution >= 4 is 5.91 Å². The predicted molar refractivity (Wildman–Crippen MR) is 110 cm³/mol. The lowest BCUT2D eigenvalue weighted by atomic mass is 9.79. The number of benzene rings is 2. The van der Waals surface area contributed by atoms with Crippen molar-refractivity contribution in [3.05, 3.63) is 84.2 Å². The molecule has 3 nitrogen and oxygen atoms in total. The van der Waals surface area contributed by atoms with Crippen LogP contribution in [0.1, 0.15) is 47.7 Å². The number of amides is 1. The van der Waals surface area contributed by atoms with Crippen molar-refractivity contribution in [1.82, 2.24) is 10.3 Å². The fourth-order valence-corrected chi connectivity index (χ4v) is 4.08. The van der Waals surface area contributed by atoms with E-state index >= 15 is 0 Å². The first-order valence-electron chi connectivity index (χ1n) is 9.86. The number of nitrogens with one attached hydrogen (secondary N) is 2. The molecule has 2 N–H and O–H groups in total. The zero-order chi connectivity index (χ0) is 18.5. The van der Waals surface area contributed by atoms with E-state index in [-0.39, 0.29) is 5.91 Å². The maximum atomic E-state index is 12.5. The number of carbonyl (C=O) groups is 1. The molecular formula is C24H26N2O. The molecule has 1 fully saturated rings. The lowest BCUT2D eigenvalue weighted by Crippen LogP contribution is -2.31. The fourth-order valence-electron chi connectivity index (χ4n) is 4.08. The van der Waals surface area contributed by atoms with Crippen molar-refractivity contribution in [3.8, 4) is 11.1 Å². The zero-order valence-electron chi connectivity index (χ0n) is 15.5. The Kier molecular flexibility index (Phi) is 5.38. The lowest BCUT2D eigenvalue weighted by molar-refractivity contribution is 0.0938. The zero-order valence-corrected chi connectivity index (χ0v) is 15.5. The van der Waals surface area contributed by atoms with Gasteiger partial charge in [0.25, 0.3) is 5.91 Å². The van der Waals surface area contributed by atoms with Gasteiger partial charge in [-0.3, -0.25) is 4.79 Å². The largest absolute Gasteiger partial charge is 0.357 e. The minimum Gasteiger partial charge on any atom is -0.357 e. The molecule has 0 radical (unpaired) electrons. The monoisotopic (exact) mass is 358 g/mol. The summed E-state index contributed by atoms with van der Waals surface area (Å²) in [6.45, 7) is 0.764. The maximum absolute atomic E-state index is 12.5. The molecule has 0 bridgehead atoms. The van der Waals surface area contributed by atoms with Crippen molar-refractivity contribution in [2.45, 2.75) is 31.6 Å². The van der Waals surface area contributed by atoms with Crippen LogP contribution >= 0.6 is 0 Å². The van der Waals surface area contributed by atoms with E-state index in [1.54, 1.807) is 0 Å². The molecule has 3 aromatic rings. The number of aromatic nitrogens is 1. The van der Waals surface area contributed by atoms with Crippen LogP contribution < -0.4 is 5.32 Å².